The van der Waals surface area contributed by atoms with Crippen molar-refractivity contribution in [1.29, 1.82) is 0 Å². The number of methoxy groups -OCH3 is 1. The number of ether oxygens (including phenoxy) is 1. The summed E-state index contributed by atoms with van der Waals surface area (Å²) in [6.07, 6.45) is 0.112. The molecule has 14 heavy (non-hydrogen) atoms. The third-order valence-electron chi connectivity index (χ3n) is 1.19. The van der Waals surface area contributed by atoms with E-state index in [9.17, 15) is 9.59 Å². The molecule has 0 aliphatic heterocycles. The molecule has 0 aromatic carbocycles. The van der Waals surface area contributed by atoms with Crippen molar-refractivity contribution in [3.05, 3.63) is 0 Å². The second kappa shape index (κ2) is 5.53. The molecule has 0 fully saturated rings. The molecule has 0 atom stereocenters. The number of nitrogens with zero attached hydrogens (tertiary/aromatic N) is 1. The van der Waals surface area contributed by atoms with Gasteiger partial charge in [-0.1, -0.05) is 41.7 Å². The molecule has 0 N–H and O–H groups in total. The fourth-order valence-electron chi connectivity index (χ4n) is 0.525. The fraction of sp³-hybridized carbons (Fsp3) is 0.571. The van der Waals surface area contributed by atoms with E-state index in [1.807, 2.05) is 0 Å². The highest BCUT2D eigenvalue weighted by atomic mass is 35.6. The molecule has 0 spiro atoms. The number of halogens is 3. The first-order valence-corrected chi connectivity index (χ1v) is 4.73. The van der Waals surface area contributed by atoms with Crippen LogP contribution < -0.4 is 0 Å². The van der Waals surface area contributed by atoms with Crippen LogP contribution in [0.15, 0.2) is 4.99 Å². The number of esters is 1. The minimum atomic E-state index is -2.06. The first-order valence-electron chi connectivity index (χ1n) is 3.60. The highest BCUT2D eigenvalue weighted by molar-refractivity contribution is 6.82. The third kappa shape index (κ3) is 4.26. The molecule has 0 aromatic heterocycles. The molecule has 7 heteroatoms. The highest BCUT2D eigenvalue weighted by Crippen LogP contribution is 2.28. The van der Waals surface area contributed by atoms with Crippen LogP contribution in [0.1, 0.15) is 13.3 Å². The van der Waals surface area contributed by atoms with Gasteiger partial charge in [-0.25, -0.2) is 9.79 Å². The number of rotatable bonds is 2. The van der Waals surface area contributed by atoms with Crippen LogP contribution >= 0.6 is 34.8 Å². The van der Waals surface area contributed by atoms with Crippen molar-refractivity contribution in [2.24, 2.45) is 4.99 Å². The second-order valence-electron chi connectivity index (χ2n) is 2.20. The highest BCUT2D eigenvalue weighted by Gasteiger charge is 2.35. The maximum absolute atomic E-state index is 11.1. The summed E-state index contributed by atoms with van der Waals surface area (Å²) in [6.45, 7) is 1.57. The van der Waals surface area contributed by atoms with Crippen molar-refractivity contribution in [2.45, 2.75) is 17.1 Å². The van der Waals surface area contributed by atoms with Gasteiger partial charge in [0.05, 0.1) is 7.11 Å². The van der Waals surface area contributed by atoms with Crippen LogP contribution in [-0.4, -0.2) is 28.5 Å². The van der Waals surface area contributed by atoms with E-state index in [-0.39, 0.29) is 6.42 Å². The molecule has 0 aromatic rings. The summed E-state index contributed by atoms with van der Waals surface area (Å²) in [7, 11) is 1.10. The fourth-order valence-corrected chi connectivity index (χ4v) is 0.883. The van der Waals surface area contributed by atoms with Gasteiger partial charge in [0.25, 0.3) is 0 Å². The predicted octanol–water partition coefficient (Wildman–Crippen LogP) is 1.91. The Morgan fingerprint density at radius 3 is 2.14 bits per heavy atom. The van der Waals surface area contributed by atoms with E-state index in [0.29, 0.717) is 0 Å². The Hall–Kier alpha value is -0.320. The van der Waals surface area contributed by atoms with Gasteiger partial charge in [0.2, 0.25) is 9.70 Å². The number of aliphatic imine (C=N–C) groups is 1. The lowest BCUT2D eigenvalue weighted by Gasteiger charge is -2.11. The molecule has 80 valence electrons. The van der Waals surface area contributed by atoms with Gasteiger partial charge in [-0.15, -0.1) is 0 Å². The summed E-state index contributed by atoms with van der Waals surface area (Å²) >= 11 is 16.3. The quantitative estimate of drug-likeness (QED) is 0.433. The molecule has 0 unspecified atom stereocenters. The van der Waals surface area contributed by atoms with Gasteiger partial charge < -0.3 is 4.74 Å². The monoisotopic (exact) mass is 259 g/mol. The van der Waals surface area contributed by atoms with E-state index >= 15 is 0 Å². The lowest BCUT2D eigenvalue weighted by molar-refractivity contribution is -0.133. The molecule has 4 nitrogen and oxygen atoms in total. The lowest BCUT2D eigenvalue weighted by atomic mass is 10.4. The van der Waals surface area contributed by atoms with Crippen LogP contribution in [0, 0.1) is 0 Å². The average Bonchev–Trinajstić information content (AvgIpc) is 2.10. The lowest BCUT2D eigenvalue weighted by Crippen LogP contribution is -2.30. The van der Waals surface area contributed by atoms with Crippen molar-refractivity contribution in [1.82, 2.24) is 0 Å². The summed E-state index contributed by atoms with van der Waals surface area (Å²) in [4.78, 5) is 25.3. The van der Waals surface area contributed by atoms with Crippen molar-refractivity contribution < 1.29 is 14.3 Å². The molecule has 0 aliphatic carbocycles. The van der Waals surface area contributed by atoms with E-state index in [1.54, 1.807) is 6.92 Å². The Labute approximate surface area is 96.2 Å². The summed E-state index contributed by atoms with van der Waals surface area (Å²) in [6, 6.07) is 0. The maximum atomic E-state index is 11.1. The molecule has 0 heterocycles. The van der Waals surface area contributed by atoms with Gasteiger partial charge in [0, 0.05) is 6.42 Å². The Morgan fingerprint density at radius 1 is 1.36 bits per heavy atom. The molecule has 1 amide bonds. The van der Waals surface area contributed by atoms with Gasteiger partial charge in [0.1, 0.15) is 0 Å². The SMILES string of the molecule is CCC(=O)N=C(C(=O)OC)C(Cl)(Cl)Cl. The zero-order valence-electron chi connectivity index (χ0n) is 7.51. The minimum Gasteiger partial charge on any atom is -0.464 e. The molecular weight excluding hydrogens is 252 g/mol. The van der Waals surface area contributed by atoms with E-state index < -0.39 is 21.4 Å². The molecular formula is C7H8Cl3NO3. The van der Waals surface area contributed by atoms with E-state index in [2.05, 4.69) is 9.73 Å². The molecule has 0 rings (SSSR count). The van der Waals surface area contributed by atoms with E-state index in [4.69, 9.17) is 34.8 Å². The van der Waals surface area contributed by atoms with Gasteiger partial charge in [0.15, 0.2) is 5.71 Å². The normalized spacial score (nSPS) is 12.5. The van der Waals surface area contributed by atoms with E-state index in [1.165, 1.54) is 0 Å². The van der Waals surface area contributed by atoms with Crippen LogP contribution in [0.4, 0.5) is 0 Å². The van der Waals surface area contributed by atoms with Gasteiger partial charge >= 0.3 is 5.97 Å². The number of hydrogen-bond acceptors (Lipinski definition) is 3. The zero-order chi connectivity index (χ0) is 11.4. The smallest absolute Gasteiger partial charge is 0.357 e. The van der Waals surface area contributed by atoms with Gasteiger partial charge in [-0.05, 0) is 0 Å². The molecule has 0 aliphatic rings. The largest absolute Gasteiger partial charge is 0.464 e. The number of alkyl halides is 3. The standard InChI is InChI=1S/C7H8Cl3NO3/c1-3-4(12)11-5(6(13)14-2)7(8,9)10/h3H2,1-2H3. The van der Waals surface area contributed by atoms with Crippen LogP contribution in [0.25, 0.3) is 0 Å². The summed E-state index contributed by atoms with van der Waals surface area (Å²) < 4.78 is 2.25. The number of carbonyl (C=O) groups excluding carboxylic acids is 2. The van der Waals surface area contributed by atoms with Crippen molar-refractivity contribution in [3.8, 4) is 0 Å². The Bertz CT molecular complexity index is 270. The minimum absolute atomic E-state index is 0.112. The second-order valence-corrected chi connectivity index (χ2v) is 4.48. The Morgan fingerprint density at radius 2 is 1.86 bits per heavy atom. The van der Waals surface area contributed by atoms with Crippen LogP contribution in [-0.2, 0) is 14.3 Å². The summed E-state index contributed by atoms with van der Waals surface area (Å²) in [5, 5.41) is 0. The summed E-state index contributed by atoms with van der Waals surface area (Å²) in [5.74, 6) is -1.50. The number of amides is 1. The average molecular weight is 261 g/mol. The maximum Gasteiger partial charge on any atom is 0.357 e. The molecule has 0 saturated carbocycles. The van der Waals surface area contributed by atoms with Crippen molar-refractivity contribution in [3.63, 3.8) is 0 Å². The van der Waals surface area contributed by atoms with Gasteiger partial charge in [-0.3, -0.25) is 4.79 Å². The van der Waals surface area contributed by atoms with Crippen molar-refractivity contribution >= 4 is 52.4 Å². The Kier molecular flexibility index (Phi) is 5.41. The first kappa shape index (κ1) is 13.7. The van der Waals surface area contributed by atoms with Crippen molar-refractivity contribution in [2.75, 3.05) is 7.11 Å². The molecule has 0 bridgehead atoms. The third-order valence-corrected chi connectivity index (χ3v) is 1.72. The predicted molar refractivity (Wildman–Crippen MR) is 55.0 cm³/mol. The Balaban J connectivity index is 5.02. The van der Waals surface area contributed by atoms with Gasteiger partial charge in [-0.2, -0.15) is 0 Å². The summed E-state index contributed by atoms with van der Waals surface area (Å²) in [5.41, 5.74) is -0.531. The first-order chi connectivity index (χ1) is 6.32. The number of hydrogen-bond donors (Lipinski definition) is 0. The topological polar surface area (TPSA) is 55.7 Å². The van der Waals surface area contributed by atoms with E-state index in [0.717, 1.165) is 7.11 Å². The van der Waals surface area contributed by atoms with Crippen LogP contribution in [0.5, 0.6) is 0 Å². The van der Waals surface area contributed by atoms with Crippen LogP contribution in [0.2, 0.25) is 0 Å². The zero-order valence-corrected chi connectivity index (χ0v) is 9.78. The molecule has 0 saturated heterocycles. The van der Waals surface area contributed by atoms with Crippen LogP contribution in [0.3, 0.4) is 0 Å². The molecule has 0 radical (unpaired) electrons. The number of carbonyl (C=O) groups is 2.